The van der Waals surface area contributed by atoms with Crippen LogP contribution in [0, 0.1) is 0 Å². The van der Waals surface area contributed by atoms with Gasteiger partial charge in [0.15, 0.2) is 0 Å². The van der Waals surface area contributed by atoms with Crippen molar-refractivity contribution in [2.45, 2.75) is 5.92 Å². The second-order valence-corrected chi connectivity index (χ2v) is 3.17. The fourth-order valence-corrected chi connectivity index (χ4v) is 1.29. The van der Waals surface area contributed by atoms with Gasteiger partial charge in [0.1, 0.15) is 0 Å². The van der Waals surface area contributed by atoms with Gasteiger partial charge in [-0.1, -0.05) is 0 Å². The lowest BCUT2D eigenvalue weighted by Crippen LogP contribution is -2.38. The molecule has 1 saturated heterocycles. The molecular formula is C7H12F2N2O. The maximum atomic E-state index is 12.9. The highest BCUT2D eigenvalue weighted by Gasteiger charge is 2.35. The Balaban J connectivity index is 2.62. The number of alkyl halides is 2. The molecule has 1 aliphatic heterocycles. The standard InChI is InChI=1S/C7H12F2N2O/c1-10-2-3-11(6-12)5-7(8,9)4-10/h6H,2-5H2,1H3. The third kappa shape index (κ3) is 2.41. The molecule has 0 unspecified atom stereocenters. The Hall–Kier alpha value is -0.710. The number of nitrogens with zero attached hydrogens (tertiary/aromatic N) is 2. The van der Waals surface area contributed by atoms with Gasteiger partial charge >= 0.3 is 0 Å². The molecule has 0 N–H and O–H groups in total. The summed E-state index contributed by atoms with van der Waals surface area (Å²) >= 11 is 0. The van der Waals surface area contributed by atoms with E-state index in [-0.39, 0.29) is 6.54 Å². The largest absolute Gasteiger partial charge is 0.338 e. The predicted molar refractivity (Wildman–Crippen MR) is 40.1 cm³/mol. The first-order valence-corrected chi connectivity index (χ1v) is 3.79. The summed E-state index contributed by atoms with van der Waals surface area (Å²) in [5.41, 5.74) is 0. The summed E-state index contributed by atoms with van der Waals surface area (Å²) in [6, 6.07) is 0. The quantitative estimate of drug-likeness (QED) is 0.529. The second kappa shape index (κ2) is 3.35. The first-order valence-electron chi connectivity index (χ1n) is 3.79. The molecule has 12 heavy (non-hydrogen) atoms. The van der Waals surface area contributed by atoms with E-state index in [2.05, 4.69) is 0 Å². The molecule has 0 spiro atoms. The maximum Gasteiger partial charge on any atom is 0.277 e. The van der Waals surface area contributed by atoms with Crippen molar-refractivity contribution in [3.05, 3.63) is 0 Å². The van der Waals surface area contributed by atoms with Crippen LogP contribution >= 0.6 is 0 Å². The van der Waals surface area contributed by atoms with E-state index in [4.69, 9.17) is 0 Å². The van der Waals surface area contributed by atoms with Crippen molar-refractivity contribution in [2.24, 2.45) is 0 Å². The molecule has 0 atom stereocenters. The van der Waals surface area contributed by atoms with Gasteiger partial charge in [-0.05, 0) is 7.05 Å². The Labute approximate surface area is 69.9 Å². The molecule has 0 aromatic carbocycles. The molecule has 0 saturated carbocycles. The highest BCUT2D eigenvalue weighted by Crippen LogP contribution is 2.18. The van der Waals surface area contributed by atoms with Gasteiger partial charge in [-0.15, -0.1) is 0 Å². The van der Waals surface area contributed by atoms with Gasteiger partial charge in [0.05, 0.1) is 13.1 Å². The Morgan fingerprint density at radius 2 is 2.00 bits per heavy atom. The van der Waals surface area contributed by atoms with Crippen LogP contribution in [0.3, 0.4) is 0 Å². The number of halogens is 2. The van der Waals surface area contributed by atoms with Gasteiger partial charge in [0.25, 0.3) is 5.92 Å². The number of likely N-dealkylation sites (N-methyl/N-ethyl adjacent to an activating group) is 1. The zero-order valence-electron chi connectivity index (χ0n) is 6.96. The minimum Gasteiger partial charge on any atom is -0.338 e. The van der Waals surface area contributed by atoms with Crippen LogP contribution in [0.5, 0.6) is 0 Å². The zero-order valence-corrected chi connectivity index (χ0v) is 6.96. The Bertz CT molecular complexity index is 175. The van der Waals surface area contributed by atoms with Crippen molar-refractivity contribution >= 4 is 6.41 Å². The van der Waals surface area contributed by atoms with E-state index in [9.17, 15) is 13.6 Å². The molecule has 1 aliphatic rings. The summed E-state index contributed by atoms with van der Waals surface area (Å²) in [6.45, 7) is 0.169. The van der Waals surface area contributed by atoms with Gasteiger partial charge in [-0.2, -0.15) is 0 Å². The van der Waals surface area contributed by atoms with E-state index in [0.717, 1.165) is 4.90 Å². The normalized spacial score (nSPS) is 25.1. The van der Waals surface area contributed by atoms with Crippen molar-refractivity contribution < 1.29 is 13.6 Å². The number of carbonyl (C=O) groups is 1. The fraction of sp³-hybridized carbons (Fsp3) is 0.857. The first kappa shape index (κ1) is 9.38. The summed E-state index contributed by atoms with van der Waals surface area (Å²) in [5.74, 6) is -2.77. The molecule has 0 bridgehead atoms. The number of hydrogen-bond donors (Lipinski definition) is 0. The van der Waals surface area contributed by atoms with E-state index in [1.807, 2.05) is 0 Å². The van der Waals surface area contributed by atoms with Crippen molar-refractivity contribution in [1.82, 2.24) is 9.80 Å². The summed E-state index contributed by atoms with van der Waals surface area (Å²) in [4.78, 5) is 12.9. The molecule has 0 radical (unpaired) electrons. The average molecular weight is 178 g/mol. The molecule has 0 aromatic rings. The highest BCUT2D eigenvalue weighted by molar-refractivity contribution is 5.47. The smallest absolute Gasteiger partial charge is 0.277 e. The minimum atomic E-state index is -2.77. The van der Waals surface area contributed by atoms with Crippen LogP contribution in [0.2, 0.25) is 0 Å². The maximum absolute atomic E-state index is 12.9. The lowest BCUT2D eigenvalue weighted by atomic mass is 10.3. The van der Waals surface area contributed by atoms with E-state index >= 15 is 0 Å². The van der Waals surface area contributed by atoms with Crippen LogP contribution in [0.15, 0.2) is 0 Å². The molecule has 1 fully saturated rings. The summed E-state index contributed by atoms with van der Waals surface area (Å²) in [7, 11) is 1.63. The van der Waals surface area contributed by atoms with Gasteiger partial charge in [-0.25, -0.2) is 8.78 Å². The van der Waals surface area contributed by atoms with E-state index in [0.29, 0.717) is 19.5 Å². The molecule has 70 valence electrons. The summed E-state index contributed by atoms with van der Waals surface area (Å²) in [6.07, 6.45) is 0.479. The van der Waals surface area contributed by atoms with Gasteiger partial charge in [-0.3, -0.25) is 9.69 Å². The van der Waals surface area contributed by atoms with Crippen LogP contribution < -0.4 is 0 Å². The van der Waals surface area contributed by atoms with Crippen LogP contribution in [0.1, 0.15) is 0 Å². The average Bonchev–Trinajstić information content (AvgIpc) is 2.07. The number of rotatable bonds is 1. The van der Waals surface area contributed by atoms with E-state index < -0.39 is 12.5 Å². The summed E-state index contributed by atoms with van der Waals surface area (Å²) in [5, 5.41) is 0. The van der Waals surface area contributed by atoms with Gasteiger partial charge in [0.2, 0.25) is 6.41 Å². The number of amides is 1. The third-order valence-corrected chi connectivity index (χ3v) is 1.85. The van der Waals surface area contributed by atoms with Crippen LogP contribution in [-0.2, 0) is 4.79 Å². The molecule has 0 aliphatic carbocycles. The predicted octanol–water partition coefficient (Wildman–Crippen LogP) is 0.0255. The van der Waals surface area contributed by atoms with Crippen molar-refractivity contribution in [3.8, 4) is 0 Å². The van der Waals surface area contributed by atoms with Crippen LogP contribution in [-0.4, -0.2) is 55.4 Å². The summed E-state index contributed by atoms with van der Waals surface area (Å²) < 4.78 is 25.8. The van der Waals surface area contributed by atoms with Crippen molar-refractivity contribution in [1.29, 1.82) is 0 Å². The van der Waals surface area contributed by atoms with Crippen LogP contribution in [0.25, 0.3) is 0 Å². The number of carbonyl (C=O) groups excluding carboxylic acids is 1. The van der Waals surface area contributed by atoms with E-state index in [1.54, 1.807) is 7.05 Å². The Morgan fingerprint density at radius 1 is 1.33 bits per heavy atom. The molecule has 5 heteroatoms. The second-order valence-electron chi connectivity index (χ2n) is 3.17. The van der Waals surface area contributed by atoms with Crippen molar-refractivity contribution in [3.63, 3.8) is 0 Å². The topological polar surface area (TPSA) is 23.6 Å². The van der Waals surface area contributed by atoms with Crippen LogP contribution in [0.4, 0.5) is 8.78 Å². The Morgan fingerprint density at radius 3 is 2.58 bits per heavy atom. The molecule has 3 nitrogen and oxygen atoms in total. The zero-order chi connectivity index (χ0) is 9.19. The SMILES string of the molecule is CN1CCN(C=O)CC(F)(F)C1. The van der Waals surface area contributed by atoms with Gasteiger partial charge < -0.3 is 4.90 Å². The minimum absolute atomic E-state index is 0.267. The fourth-order valence-electron chi connectivity index (χ4n) is 1.29. The highest BCUT2D eigenvalue weighted by atomic mass is 19.3. The number of hydrogen-bond acceptors (Lipinski definition) is 2. The third-order valence-electron chi connectivity index (χ3n) is 1.85. The Kier molecular flexibility index (Phi) is 2.62. The monoisotopic (exact) mass is 178 g/mol. The molecule has 1 amide bonds. The van der Waals surface area contributed by atoms with Crippen molar-refractivity contribution in [2.75, 3.05) is 33.2 Å². The first-order chi connectivity index (χ1) is 5.53. The molecule has 1 heterocycles. The lowest BCUT2D eigenvalue weighted by Gasteiger charge is -2.19. The van der Waals surface area contributed by atoms with Gasteiger partial charge in [0, 0.05) is 13.1 Å². The molecule has 1 rings (SSSR count). The molecular weight excluding hydrogens is 166 g/mol. The lowest BCUT2D eigenvalue weighted by molar-refractivity contribution is -0.122. The molecule has 0 aromatic heterocycles. The van der Waals surface area contributed by atoms with E-state index in [1.165, 1.54) is 4.90 Å².